The average molecular weight is 487 g/mol. The Hall–Kier alpha value is -3.44. The summed E-state index contributed by atoms with van der Waals surface area (Å²) in [5.41, 5.74) is 0.815. The van der Waals surface area contributed by atoms with Crippen LogP contribution < -0.4 is 14.8 Å². The molecule has 0 bridgehead atoms. The summed E-state index contributed by atoms with van der Waals surface area (Å²) in [6.45, 7) is 0. The van der Waals surface area contributed by atoms with Crippen LogP contribution in [0.25, 0.3) is 11.5 Å². The molecule has 3 aromatic rings. The van der Waals surface area contributed by atoms with Gasteiger partial charge in [-0.25, -0.2) is 8.42 Å². The van der Waals surface area contributed by atoms with Gasteiger partial charge in [0.1, 0.15) is 11.5 Å². The van der Waals surface area contributed by atoms with Crippen LogP contribution in [0, 0.1) is 0 Å². The molecule has 0 saturated heterocycles. The first-order valence-electron chi connectivity index (χ1n) is 10.8. The first-order valence-corrected chi connectivity index (χ1v) is 12.2. The third kappa shape index (κ3) is 4.90. The van der Waals surface area contributed by atoms with Crippen LogP contribution in [0.5, 0.6) is 11.5 Å². The predicted molar refractivity (Wildman–Crippen MR) is 124 cm³/mol. The zero-order chi connectivity index (χ0) is 24.3. The fraction of sp³-hybridized carbons (Fsp3) is 0.348. The van der Waals surface area contributed by atoms with Gasteiger partial charge in [-0.1, -0.05) is 17.9 Å². The number of rotatable bonds is 8. The van der Waals surface area contributed by atoms with E-state index >= 15 is 0 Å². The van der Waals surface area contributed by atoms with Crippen LogP contribution in [0.4, 0.5) is 6.01 Å². The van der Waals surface area contributed by atoms with Crippen molar-refractivity contribution < 1.29 is 27.1 Å². The first kappa shape index (κ1) is 23.7. The van der Waals surface area contributed by atoms with E-state index in [1.165, 1.54) is 42.8 Å². The lowest BCUT2D eigenvalue weighted by Gasteiger charge is -2.23. The van der Waals surface area contributed by atoms with Crippen LogP contribution in [0.2, 0.25) is 0 Å². The molecule has 1 saturated carbocycles. The Morgan fingerprint density at radius 2 is 1.65 bits per heavy atom. The van der Waals surface area contributed by atoms with Crippen molar-refractivity contribution in [3.8, 4) is 23.0 Å². The number of hydrogen-bond acceptors (Lipinski definition) is 8. The summed E-state index contributed by atoms with van der Waals surface area (Å²) in [7, 11) is 1.04. The molecule has 180 valence electrons. The predicted octanol–water partition coefficient (Wildman–Crippen LogP) is 3.57. The fourth-order valence-electron chi connectivity index (χ4n) is 3.90. The van der Waals surface area contributed by atoms with Crippen LogP contribution in [0.1, 0.15) is 36.0 Å². The zero-order valence-corrected chi connectivity index (χ0v) is 20.0. The summed E-state index contributed by atoms with van der Waals surface area (Å²) in [5, 5.41) is 10.4. The van der Waals surface area contributed by atoms with Crippen LogP contribution >= 0.6 is 0 Å². The van der Waals surface area contributed by atoms with E-state index in [0.29, 0.717) is 17.1 Å². The SMILES string of the molecule is COc1cc(OC)cc(-c2nnc(NC(=O)c3ccc(S(=O)(=O)N(C)C4CCCC4)cc3)o2)c1. The Kier molecular flexibility index (Phi) is 6.85. The van der Waals surface area contributed by atoms with Crippen molar-refractivity contribution in [2.75, 3.05) is 26.6 Å². The van der Waals surface area contributed by atoms with Gasteiger partial charge in [-0.05, 0) is 49.2 Å². The second-order valence-corrected chi connectivity index (χ2v) is 9.95. The summed E-state index contributed by atoms with van der Waals surface area (Å²) >= 11 is 0. The first-order chi connectivity index (χ1) is 16.3. The van der Waals surface area contributed by atoms with Crippen molar-refractivity contribution in [1.29, 1.82) is 0 Å². The highest BCUT2D eigenvalue weighted by Gasteiger charge is 2.30. The van der Waals surface area contributed by atoms with Crippen LogP contribution in [0.15, 0.2) is 51.8 Å². The van der Waals surface area contributed by atoms with Crippen molar-refractivity contribution in [3.63, 3.8) is 0 Å². The molecule has 0 aliphatic heterocycles. The Morgan fingerprint density at radius 1 is 1.03 bits per heavy atom. The van der Waals surface area contributed by atoms with Gasteiger partial charge in [0.15, 0.2) is 0 Å². The third-order valence-electron chi connectivity index (χ3n) is 5.88. The zero-order valence-electron chi connectivity index (χ0n) is 19.1. The van der Waals surface area contributed by atoms with E-state index in [-0.39, 0.29) is 28.4 Å². The van der Waals surface area contributed by atoms with Gasteiger partial charge in [0.2, 0.25) is 15.9 Å². The molecule has 0 spiro atoms. The molecule has 0 atom stereocenters. The smallest absolute Gasteiger partial charge is 0.322 e. The summed E-state index contributed by atoms with van der Waals surface area (Å²) < 4.78 is 43.3. The monoisotopic (exact) mass is 486 g/mol. The molecule has 1 N–H and O–H groups in total. The minimum atomic E-state index is -3.62. The van der Waals surface area contributed by atoms with Crippen LogP contribution in [0.3, 0.4) is 0 Å². The number of methoxy groups -OCH3 is 2. The average Bonchev–Trinajstić information content (AvgIpc) is 3.56. The van der Waals surface area contributed by atoms with Gasteiger partial charge < -0.3 is 13.9 Å². The fourth-order valence-corrected chi connectivity index (χ4v) is 5.32. The molecule has 1 aliphatic carbocycles. The van der Waals surface area contributed by atoms with E-state index in [0.717, 1.165) is 25.7 Å². The van der Waals surface area contributed by atoms with E-state index < -0.39 is 15.9 Å². The Morgan fingerprint density at radius 3 is 2.24 bits per heavy atom. The number of carbonyl (C=O) groups is 1. The Balaban J connectivity index is 1.46. The standard InChI is InChI=1S/C23H26N4O6S/c1-27(17-6-4-5-7-17)34(29,30)20-10-8-15(9-11-20)21(28)24-23-26-25-22(33-23)16-12-18(31-2)14-19(13-16)32-3/h8-14,17H,4-7H2,1-3H3,(H,24,26,28). The van der Waals surface area contributed by atoms with E-state index in [9.17, 15) is 13.2 Å². The van der Waals surface area contributed by atoms with E-state index in [1.807, 2.05) is 0 Å². The number of benzene rings is 2. The highest BCUT2D eigenvalue weighted by molar-refractivity contribution is 7.89. The summed E-state index contributed by atoms with van der Waals surface area (Å²) in [4.78, 5) is 12.8. The van der Waals surface area contributed by atoms with Gasteiger partial charge in [-0.2, -0.15) is 4.31 Å². The van der Waals surface area contributed by atoms with Crippen molar-refractivity contribution in [1.82, 2.24) is 14.5 Å². The van der Waals surface area contributed by atoms with Gasteiger partial charge in [0, 0.05) is 30.3 Å². The van der Waals surface area contributed by atoms with E-state index in [1.54, 1.807) is 25.2 Å². The molecule has 1 heterocycles. The third-order valence-corrected chi connectivity index (χ3v) is 7.80. The molecule has 34 heavy (non-hydrogen) atoms. The van der Waals surface area contributed by atoms with E-state index in [4.69, 9.17) is 13.9 Å². The lowest BCUT2D eigenvalue weighted by atomic mass is 10.2. The van der Waals surface area contributed by atoms with Gasteiger partial charge in [-0.3, -0.25) is 10.1 Å². The number of nitrogens with one attached hydrogen (secondary N) is 1. The maximum atomic E-state index is 12.9. The normalized spacial score (nSPS) is 14.4. The molecule has 0 radical (unpaired) electrons. The highest BCUT2D eigenvalue weighted by atomic mass is 32.2. The Bertz CT molecular complexity index is 1240. The summed E-state index contributed by atoms with van der Waals surface area (Å²) in [5.74, 6) is 0.758. The molecule has 10 nitrogen and oxygen atoms in total. The second kappa shape index (κ2) is 9.82. The van der Waals surface area contributed by atoms with Gasteiger partial charge in [0.25, 0.3) is 5.91 Å². The molecule has 4 rings (SSSR count). The molecule has 1 aromatic heterocycles. The van der Waals surface area contributed by atoms with Crippen LogP contribution in [-0.4, -0.2) is 56.1 Å². The van der Waals surface area contributed by atoms with Gasteiger partial charge in [-0.15, -0.1) is 5.10 Å². The summed E-state index contributed by atoms with van der Waals surface area (Å²) in [6, 6.07) is 10.8. The minimum Gasteiger partial charge on any atom is -0.497 e. The van der Waals surface area contributed by atoms with Gasteiger partial charge in [0.05, 0.1) is 19.1 Å². The lowest BCUT2D eigenvalue weighted by molar-refractivity contribution is 0.102. The molecular weight excluding hydrogens is 460 g/mol. The number of aromatic nitrogens is 2. The topological polar surface area (TPSA) is 124 Å². The quantitative estimate of drug-likeness (QED) is 0.512. The number of carbonyl (C=O) groups excluding carboxylic acids is 1. The van der Waals surface area contributed by atoms with Crippen LogP contribution in [-0.2, 0) is 10.0 Å². The number of nitrogens with zero attached hydrogens (tertiary/aromatic N) is 3. The van der Waals surface area contributed by atoms with Crippen molar-refractivity contribution in [2.24, 2.45) is 0 Å². The number of anilines is 1. The Labute approximate surface area is 197 Å². The highest BCUT2D eigenvalue weighted by Crippen LogP contribution is 2.30. The number of ether oxygens (including phenoxy) is 2. The van der Waals surface area contributed by atoms with Crippen molar-refractivity contribution >= 4 is 21.9 Å². The largest absolute Gasteiger partial charge is 0.497 e. The maximum absolute atomic E-state index is 12.9. The summed E-state index contributed by atoms with van der Waals surface area (Å²) in [6.07, 6.45) is 3.80. The molecule has 0 unspecified atom stereocenters. The van der Waals surface area contributed by atoms with Crippen molar-refractivity contribution in [3.05, 3.63) is 48.0 Å². The maximum Gasteiger partial charge on any atom is 0.322 e. The molecular formula is C23H26N4O6S. The lowest BCUT2D eigenvalue weighted by Crippen LogP contribution is -2.35. The molecule has 1 aliphatic rings. The number of amides is 1. The molecule has 1 fully saturated rings. The van der Waals surface area contributed by atoms with Crippen molar-refractivity contribution in [2.45, 2.75) is 36.6 Å². The second-order valence-electron chi connectivity index (χ2n) is 7.95. The number of hydrogen-bond donors (Lipinski definition) is 1. The number of sulfonamides is 1. The minimum absolute atomic E-state index is 0.0178. The molecule has 11 heteroatoms. The molecule has 1 amide bonds. The van der Waals surface area contributed by atoms with E-state index in [2.05, 4.69) is 15.5 Å². The van der Waals surface area contributed by atoms with Gasteiger partial charge >= 0.3 is 6.01 Å². The molecule has 2 aromatic carbocycles.